The number of hydrogen-bond acceptors (Lipinski definition) is 4. The third kappa shape index (κ3) is 2.67. The van der Waals surface area contributed by atoms with Gasteiger partial charge in [-0.25, -0.2) is 4.98 Å². The van der Waals surface area contributed by atoms with Crippen LogP contribution in [-0.4, -0.2) is 22.6 Å². The topological polar surface area (TPSA) is 41.1 Å². The summed E-state index contributed by atoms with van der Waals surface area (Å²) < 4.78 is 0. The van der Waals surface area contributed by atoms with Gasteiger partial charge in [-0.05, 0) is 44.2 Å². The monoisotopic (exact) mass is 308 g/mol. The molecule has 0 unspecified atom stereocenters. The summed E-state index contributed by atoms with van der Waals surface area (Å²) in [5.74, 6) is 2.41. The second-order valence-electron chi connectivity index (χ2n) is 7.34. The van der Waals surface area contributed by atoms with Crippen LogP contribution in [0.2, 0.25) is 0 Å². The van der Waals surface area contributed by atoms with Crippen LogP contribution in [0.15, 0.2) is 30.3 Å². The summed E-state index contributed by atoms with van der Waals surface area (Å²) in [5.41, 5.74) is 4.10. The zero-order chi connectivity index (χ0) is 16.0. The van der Waals surface area contributed by atoms with E-state index in [1.165, 1.54) is 29.7 Å². The molecular formula is C19H24N4. The molecule has 1 N–H and O–H groups in total. The summed E-state index contributed by atoms with van der Waals surface area (Å²) in [6.07, 6.45) is 3.55. The molecule has 2 heterocycles. The molecule has 4 rings (SSSR count). The van der Waals surface area contributed by atoms with Crippen LogP contribution in [0.4, 0.5) is 11.8 Å². The highest BCUT2D eigenvalue weighted by atomic mass is 15.3. The van der Waals surface area contributed by atoms with E-state index in [2.05, 4.69) is 59.4 Å². The first-order valence-corrected chi connectivity index (χ1v) is 8.48. The number of aromatic nitrogens is 2. The predicted molar refractivity (Wildman–Crippen MR) is 94.0 cm³/mol. The van der Waals surface area contributed by atoms with Gasteiger partial charge in [-0.1, -0.05) is 24.3 Å². The predicted octanol–water partition coefficient (Wildman–Crippen LogP) is 3.74. The molecule has 1 aliphatic carbocycles. The van der Waals surface area contributed by atoms with Crippen molar-refractivity contribution in [2.75, 3.05) is 17.3 Å². The molecule has 1 saturated carbocycles. The molecule has 2 aromatic rings. The number of nitrogens with one attached hydrogen (secondary N) is 1. The van der Waals surface area contributed by atoms with Crippen molar-refractivity contribution in [1.29, 1.82) is 0 Å². The molecule has 0 bridgehead atoms. The van der Waals surface area contributed by atoms with Crippen LogP contribution >= 0.6 is 0 Å². The molecule has 2 aliphatic rings. The van der Waals surface area contributed by atoms with Gasteiger partial charge >= 0.3 is 0 Å². The van der Waals surface area contributed by atoms with E-state index in [0.29, 0.717) is 5.92 Å². The maximum Gasteiger partial charge on any atom is 0.224 e. The molecule has 1 fully saturated rings. The molecule has 0 radical (unpaired) electrons. The zero-order valence-electron chi connectivity index (χ0n) is 14.1. The second-order valence-corrected chi connectivity index (χ2v) is 7.34. The number of rotatable bonds is 3. The number of fused-ring (bicyclic) bond motifs is 1. The Hall–Kier alpha value is -2.10. The largest absolute Gasteiger partial charge is 0.357 e. The van der Waals surface area contributed by atoms with Gasteiger partial charge in [0.1, 0.15) is 5.82 Å². The van der Waals surface area contributed by atoms with Crippen LogP contribution in [0, 0.1) is 0 Å². The lowest BCUT2D eigenvalue weighted by Crippen LogP contribution is -2.49. The summed E-state index contributed by atoms with van der Waals surface area (Å²) in [7, 11) is 1.90. The summed E-state index contributed by atoms with van der Waals surface area (Å²) in [5, 5.41) is 3.13. The third-order valence-electron chi connectivity index (χ3n) is 5.03. The molecule has 0 amide bonds. The molecule has 0 saturated heterocycles. The van der Waals surface area contributed by atoms with Crippen LogP contribution in [0.3, 0.4) is 0 Å². The third-order valence-corrected chi connectivity index (χ3v) is 5.03. The summed E-state index contributed by atoms with van der Waals surface area (Å²) in [6, 6.07) is 11.0. The zero-order valence-corrected chi connectivity index (χ0v) is 14.1. The molecular weight excluding hydrogens is 284 g/mol. The van der Waals surface area contributed by atoms with Crippen molar-refractivity contribution in [3.05, 3.63) is 47.2 Å². The Balaban J connectivity index is 1.76. The normalized spacial score (nSPS) is 19.3. The molecule has 1 aliphatic heterocycles. The van der Waals surface area contributed by atoms with Crippen molar-refractivity contribution in [2.45, 2.75) is 51.1 Å². The fourth-order valence-electron chi connectivity index (χ4n) is 3.51. The molecule has 0 spiro atoms. The number of hydrogen-bond donors (Lipinski definition) is 1. The first kappa shape index (κ1) is 14.5. The van der Waals surface area contributed by atoms with Crippen molar-refractivity contribution < 1.29 is 0 Å². The average Bonchev–Trinajstić information content (AvgIpc) is 3.37. The van der Waals surface area contributed by atoms with Gasteiger partial charge in [0, 0.05) is 31.1 Å². The van der Waals surface area contributed by atoms with Crippen molar-refractivity contribution in [1.82, 2.24) is 9.97 Å². The lowest BCUT2D eigenvalue weighted by atomic mass is 9.85. The van der Waals surface area contributed by atoms with Gasteiger partial charge in [-0.2, -0.15) is 4.98 Å². The fraction of sp³-hybridized carbons (Fsp3) is 0.474. The van der Waals surface area contributed by atoms with E-state index in [4.69, 9.17) is 4.98 Å². The molecule has 120 valence electrons. The van der Waals surface area contributed by atoms with Gasteiger partial charge < -0.3 is 10.2 Å². The van der Waals surface area contributed by atoms with Gasteiger partial charge in [0.15, 0.2) is 0 Å². The Morgan fingerprint density at radius 3 is 2.57 bits per heavy atom. The number of benzene rings is 1. The summed E-state index contributed by atoms with van der Waals surface area (Å²) in [4.78, 5) is 11.8. The average molecular weight is 308 g/mol. The Labute approximate surface area is 138 Å². The quantitative estimate of drug-likeness (QED) is 0.938. The molecule has 1 aromatic heterocycles. The Morgan fingerprint density at radius 2 is 1.87 bits per heavy atom. The summed E-state index contributed by atoms with van der Waals surface area (Å²) >= 11 is 0. The highest BCUT2D eigenvalue weighted by molar-refractivity contribution is 5.52. The molecule has 0 atom stereocenters. The minimum atomic E-state index is 0.0501. The lowest BCUT2D eigenvalue weighted by molar-refractivity contribution is 0.427. The SMILES string of the molecule is CNc1nc(C2CC2)cc(N2Cc3ccccc3CC2(C)C)n1. The van der Waals surface area contributed by atoms with E-state index >= 15 is 0 Å². The Bertz CT molecular complexity index is 734. The maximum absolute atomic E-state index is 4.76. The van der Waals surface area contributed by atoms with Crippen LogP contribution < -0.4 is 10.2 Å². The molecule has 1 aromatic carbocycles. The minimum Gasteiger partial charge on any atom is -0.357 e. The van der Waals surface area contributed by atoms with Crippen molar-refractivity contribution in [2.24, 2.45) is 0 Å². The van der Waals surface area contributed by atoms with E-state index in [-0.39, 0.29) is 5.54 Å². The molecule has 23 heavy (non-hydrogen) atoms. The van der Waals surface area contributed by atoms with Crippen LogP contribution in [0.5, 0.6) is 0 Å². The van der Waals surface area contributed by atoms with E-state index in [9.17, 15) is 0 Å². The van der Waals surface area contributed by atoms with Crippen molar-refractivity contribution in [3.63, 3.8) is 0 Å². The van der Waals surface area contributed by atoms with Crippen LogP contribution in [0.25, 0.3) is 0 Å². The van der Waals surface area contributed by atoms with E-state index in [0.717, 1.165) is 24.7 Å². The first-order chi connectivity index (χ1) is 11.1. The van der Waals surface area contributed by atoms with Gasteiger partial charge in [-0.3, -0.25) is 0 Å². The first-order valence-electron chi connectivity index (χ1n) is 8.48. The second kappa shape index (κ2) is 5.22. The fourth-order valence-corrected chi connectivity index (χ4v) is 3.51. The summed E-state index contributed by atoms with van der Waals surface area (Å²) in [6.45, 7) is 5.52. The van der Waals surface area contributed by atoms with Gasteiger partial charge in [0.05, 0.1) is 5.69 Å². The standard InChI is InChI=1S/C19H24N4/c1-19(2)11-14-6-4-5-7-15(14)12-23(19)17-10-16(13-8-9-13)21-18(20-3)22-17/h4-7,10,13H,8-9,11-12H2,1-3H3,(H,20,21,22). The maximum atomic E-state index is 4.76. The van der Waals surface area contributed by atoms with Gasteiger partial charge in [0.25, 0.3) is 0 Å². The van der Waals surface area contributed by atoms with Crippen LogP contribution in [0.1, 0.15) is 49.4 Å². The van der Waals surface area contributed by atoms with Crippen LogP contribution in [-0.2, 0) is 13.0 Å². The number of anilines is 2. The van der Waals surface area contributed by atoms with Gasteiger partial charge in [0.2, 0.25) is 5.95 Å². The van der Waals surface area contributed by atoms with Crippen molar-refractivity contribution in [3.8, 4) is 0 Å². The Morgan fingerprint density at radius 1 is 1.13 bits per heavy atom. The molecule has 4 heteroatoms. The van der Waals surface area contributed by atoms with Crippen molar-refractivity contribution >= 4 is 11.8 Å². The Kier molecular flexibility index (Phi) is 3.29. The van der Waals surface area contributed by atoms with E-state index in [1.807, 2.05) is 7.05 Å². The molecule has 4 nitrogen and oxygen atoms in total. The van der Waals surface area contributed by atoms with E-state index in [1.54, 1.807) is 0 Å². The van der Waals surface area contributed by atoms with E-state index < -0.39 is 0 Å². The highest BCUT2D eigenvalue weighted by Gasteiger charge is 2.35. The highest BCUT2D eigenvalue weighted by Crippen LogP contribution is 2.41. The smallest absolute Gasteiger partial charge is 0.224 e. The number of nitrogens with zero attached hydrogens (tertiary/aromatic N) is 3. The lowest BCUT2D eigenvalue weighted by Gasteiger charge is -2.44. The minimum absolute atomic E-state index is 0.0501. The van der Waals surface area contributed by atoms with Gasteiger partial charge in [-0.15, -0.1) is 0 Å².